The molecule has 0 saturated heterocycles. The van der Waals surface area contributed by atoms with Crippen molar-refractivity contribution in [2.45, 2.75) is 25.3 Å². The largest absolute Gasteiger partial charge is 0.508 e. The quantitative estimate of drug-likeness (QED) is 0.682. The molecule has 1 atom stereocenters. The Hall–Kier alpha value is -3.43. The molecule has 30 heavy (non-hydrogen) atoms. The number of carbonyl (C=O) groups excluding carboxylic acids is 1. The number of hydrogen-bond donors (Lipinski definition) is 1. The van der Waals surface area contributed by atoms with Gasteiger partial charge in [0, 0.05) is 25.7 Å². The molecule has 1 unspecified atom stereocenters. The molecule has 1 fully saturated rings. The highest BCUT2D eigenvalue weighted by atomic mass is 16.3. The van der Waals surface area contributed by atoms with Crippen LogP contribution in [0.5, 0.6) is 5.75 Å². The number of rotatable bonds is 6. The number of nitrogens with zero attached hydrogens (tertiary/aromatic N) is 4. The van der Waals surface area contributed by atoms with Gasteiger partial charge in [-0.15, -0.1) is 0 Å². The SMILES string of the molecule is N#CC1C(CN(Cc2cccc(O)c2)CC2CC2)=CC(=O)n2c1nc1ccccc12. The van der Waals surface area contributed by atoms with Gasteiger partial charge in [-0.2, -0.15) is 5.26 Å². The Labute approximate surface area is 174 Å². The molecule has 0 spiro atoms. The number of hydrogen-bond acceptors (Lipinski definition) is 5. The molecule has 5 rings (SSSR count). The maximum atomic E-state index is 12.9. The van der Waals surface area contributed by atoms with E-state index in [1.165, 1.54) is 12.8 Å². The predicted octanol–water partition coefficient (Wildman–Crippen LogP) is 3.84. The molecule has 3 aromatic rings. The Morgan fingerprint density at radius 1 is 1.17 bits per heavy atom. The lowest BCUT2D eigenvalue weighted by molar-refractivity contribution is 0.0963. The van der Waals surface area contributed by atoms with Gasteiger partial charge in [-0.1, -0.05) is 24.3 Å². The zero-order valence-electron chi connectivity index (χ0n) is 16.5. The standard InChI is InChI=1S/C24H22N4O2/c25-12-20-18(11-23(30)28-22-7-2-1-6-21(22)26-24(20)28)15-27(13-16-8-9-16)14-17-4-3-5-19(29)10-17/h1-7,10-11,16,20,29H,8-9,13-15H2. The number of nitriles is 1. The highest BCUT2D eigenvalue weighted by Crippen LogP contribution is 2.34. The minimum absolute atomic E-state index is 0.149. The van der Waals surface area contributed by atoms with Crippen molar-refractivity contribution in [2.75, 3.05) is 13.1 Å². The molecule has 2 aromatic carbocycles. The summed E-state index contributed by atoms with van der Waals surface area (Å²) in [6, 6.07) is 17.1. The second-order valence-corrected chi connectivity index (χ2v) is 8.20. The van der Waals surface area contributed by atoms with Gasteiger partial charge >= 0.3 is 0 Å². The topological polar surface area (TPSA) is 82.2 Å². The lowest BCUT2D eigenvalue weighted by Gasteiger charge is -2.27. The lowest BCUT2D eigenvalue weighted by atomic mass is 9.95. The molecule has 1 saturated carbocycles. The van der Waals surface area contributed by atoms with Crippen molar-refractivity contribution in [3.05, 3.63) is 71.6 Å². The molecule has 2 heterocycles. The first-order valence-corrected chi connectivity index (χ1v) is 10.2. The second-order valence-electron chi connectivity index (χ2n) is 8.20. The summed E-state index contributed by atoms with van der Waals surface area (Å²) >= 11 is 0. The molecule has 2 aliphatic rings. The van der Waals surface area contributed by atoms with Gasteiger partial charge < -0.3 is 5.11 Å². The third-order valence-corrected chi connectivity index (χ3v) is 5.81. The summed E-state index contributed by atoms with van der Waals surface area (Å²) in [6.07, 6.45) is 4.04. The molecular weight excluding hydrogens is 376 g/mol. The Morgan fingerprint density at radius 3 is 2.77 bits per heavy atom. The summed E-state index contributed by atoms with van der Waals surface area (Å²) < 4.78 is 1.56. The summed E-state index contributed by atoms with van der Waals surface area (Å²) in [7, 11) is 0. The summed E-state index contributed by atoms with van der Waals surface area (Å²) in [4.78, 5) is 19.8. The molecule has 6 heteroatoms. The van der Waals surface area contributed by atoms with Crippen molar-refractivity contribution in [1.29, 1.82) is 5.26 Å². The van der Waals surface area contributed by atoms with Gasteiger partial charge in [0.1, 0.15) is 17.5 Å². The van der Waals surface area contributed by atoms with E-state index in [1.54, 1.807) is 22.8 Å². The lowest BCUT2D eigenvalue weighted by Crippen LogP contribution is -2.32. The van der Waals surface area contributed by atoms with Gasteiger partial charge in [-0.25, -0.2) is 4.98 Å². The maximum absolute atomic E-state index is 12.9. The highest BCUT2D eigenvalue weighted by molar-refractivity contribution is 5.99. The normalized spacial score (nSPS) is 18.3. The van der Waals surface area contributed by atoms with E-state index in [9.17, 15) is 15.2 Å². The fourth-order valence-electron chi connectivity index (χ4n) is 4.24. The fraction of sp³-hybridized carbons (Fsp3) is 0.292. The van der Waals surface area contributed by atoms with Gasteiger partial charge in [0.25, 0.3) is 5.91 Å². The first-order chi connectivity index (χ1) is 14.6. The van der Waals surface area contributed by atoms with E-state index < -0.39 is 5.92 Å². The number of phenolic OH excluding ortho intramolecular Hbond substituents is 1. The van der Waals surface area contributed by atoms with E-state index in [-0.39, 0.29) is 11.7 Å². The predicted molar refractivity (Wildman–Crippen MR) is 113 cm³/mol. The molecule has 6 nitrogen and oxygen atoms in total. The number of aromatic nitrogens is 2. The van der Waals surface area contributed by atoms with Gasteiger partial charge in [-0.05, 0) is 54.2 Å². The van der Waals surface area contributed by atoms with Crippen LogP contribution in [0, 0.1) is 17.2 Å². The number of carbonyl (C=O) groups is 1. The van der Waals surface area contributed by atoms with Crippen LogP contribution in [-0.2, 0) is 6.54 Å². The Kier molecular flexibility index (Phi) is 4.61. The minimum atomic E-state index is -0.555. The van der Waals surface area contributed by atoms with E-state index >= 15 is 0 Å². The highest BCUT2D eigenvalue weighted by Gasteiger charge is 2.33. The molecule has 1 aliphatic heterocycles. The molecule has 0 radical (unpaired) electrons. The second kappa shape index (κ2) is 7.43. The Morgan fingerprint density at radius 2 is 2.00 bits per heavy atom. The number of fused-ring (bicyclic) bond motifs is 3. The van der Waals surface area contributed by atoms with Crippen LogP contribution in [-0.4, -0.2) is 38.6 Å². The zero-order chi connectivity index (χ0) is 20.7. The van der Waals surface area contributed by atoms with Gasteiger partial charge in [0.15, 0.2) is 0 Å². The van der Waals surface area contributed by atoms with Crippen LogP contribution >= 0.6 is 0 Å². The summed E-state index contributed by atoms with van der Waals surface area (Å²) in [5, 5.41) is 19.8. The minimum Gasteiger partial charge on any atom is -0.508 e. The van der Waals surface area contributed by atoms with E-state index in [4.69, 9.17) is 0 Å². The number of phenols is 1. The number of imidazole rings is 1. The van der Waals surface area contributed by atoms with Crippen molar-refractivity contribution in [1.82, 2.24) is 14.5 Å². The molecule has 150 valence electrons. The maximum Gasteiger partial charge on any atom is 0.256 e. The Balaban J connectivity index is 1.45. The van der Waals surface area contributed by atoms with Crippen molar-refractivity contribution in [3.63, 3.8) is 0 Å². The third-order valence-electron chi connectivity index (χ3n) is 5.81. The van der Waals surface area contributed by atoms with Crippen molar-refractivity contribution in [3.8, 4) is 11.8 Å². The van der Waals surface area contributed by atoms with E-state index in [2.05, 4.69) is 16.0 Å². The number of aromatic hydroxyl groups is 1. The molecule has 1 aromatic heterocycles. The van der Waals surface area contributed by atoms with Crippen molar-refractivity contribution in [2.24, 2.45) is 5.92 Å². The van der Waals surface area contributed by atoms with E-state index in [0.717, 1.165) is 28.7 Å². The molecular formula is C24H22N4O2. The van der Waals surface area contributed by atoms with E-state index in [0.29, 0.717) is 24.8 Å². The van der Waals surface area contributed by atoms with Crippen LogP contribution in [0.15, 0.2) is 60.2 Å². The smallest absolute Gasteiger partial charge is 0.256 e. The van der Waals surface area contributed by atoms with Gasteiger partial charge in [0.05, 0.1) is 17.1 Å². The molecule has 0 bridgehead atoms. The summed E-state index contributed by atoms with van der Waals surface area (Å²) in [5.74, 6) is 0.705. The van der Waals surface area contributed by atoms with Crippen molar-refractivity contribution >= 4 is 16.9 Å². The van der Waals surface area contributed by atoms with Crippen molar-refractivity contribution < 1.29 is 9.90 Å². The zero-order valence-corrected chi connectivity index (χ0v) is 16.5. The van der Waals surface area contributed by atoms with Crippen LogP contribution in [0.25, 0.3) is 11.0 Å². The average Bonchev–Trinajstić information content (AvgIpc) is 3.45. The first kappa shape index (κ1) is 18.6. The van der Waals surface area contributed by atoms with Gasteiger partial charge in [-0.3, -0.25) is 14.3 Å². The number of para-hydroxylation sites is 2. The van der Waals surface area contributed by atoms with Crippen LogP contribution in [0.1, 0.15) is 34.9 Å². The molecule has 1 aliphatic carbocycles. The summed E-state index contributed by atoms with van der Waals surface area (Å²) in [6.45, 7) is 2.10. The fourth-order valence-corrected chi connectivity index (χ4v) is 4.24. The Bertz CT molecular complexity index is 1200. The van der Waals surface area contributed by atoms with Crippen LogP contribution in [0.2, 0.25) is 0 Å². The number of allylic oxidation sites excluding steroid dienone is 1. The average molecular weight is 398 g/mol. The van der Waals surface area contributed by atoms with Gasteiger partial charge in [0.2, 0.25) is 0 Å². The summed E-state index contributed by atoms with van der Waals surface area (Å²) in [5.41, 5.74) is 3.26. The molecule has 0 amide bonds. The van der Waals surface area contributed by atoms with E-state index in [1.807, 2.05) is 36.4 Å². The number of benzene rings is 2. The van der Waals surface area contributed by atoms with Crippen LogP contribution < -0.4 is 0 Å². The van der Waals surface area contributed by atoms with Crippen LogP contribution in [0.3, 0.4) is 0 Å². The van der Waals surface area contributed by atoms with Crippen LogP contribution in [0.4, 0.5) is 0 Å². The molecule has 1 N–H and O–H groups in total. The monoisotopic (exact) mass is 398 g/mol. The first-order valence-electron chi connectivity index (χ1n) is 10.2. The third kappa shape index (κ3) is 3.49.